The fraction of sp³-hybridized carbons (Fsp3) is 0.263. The quantitative estimate of drug-likeness (QED) is 0.593. The maximum Gasteiger partial charge on any atom is 0.306 e. The van der Waals surface area contributed by atoms with E-state index in [0.29, 0.717) is 12.3 Å². The van der Waals surface area contributed by atoms with E-state index in [2.05, 4.69) is 5.32 Å². The molecule has 0 saturated heterocycles. The largest absolute Gasteiger partial charge is 0.466 e. The molecule has 0 saturated carbocycles. The molecule has 126 valence electrons. The third-order valence-corrected chi connectivity index (χ3v) is 3.40. The summed E-state index contributed by atoms with van der Waals surface area (Å²) in [6.07, 6.45) is 1.66. The summed E-state index contributed by atoms with van der Waals surface area (Å²) in [4.78, 5) is 23.3. The van der Waals surface area contributed by atoms with Gasteiger partial charge in [-0.05, 0) is 42.7 Å². The van der Waals surface area contributed by atoms with Gasteiger partial charge in [-0.25, -0.2) is 4.39 Å². The maximum absolute atomic E-state index is 12.8. The van der Waals surface area contributed by atoms with Crippen LogP contribution in [0.1, 0.15) is 24.8 Å². The Balaban J connectivity index is 1.58. The van der Waals surface area contributed by atoms with Gasteiger partial charge >= 0.3 is 5.97 Å². The second-order valence-corrected chi connectivity index (χ2v) is 5.36. The topological polar surface area (TPSA) is 55.4 Å². The van der Waals surface area contributed by atoms with E-state index < -0.39 is 5.97 Å². The van der Waals surface area contributed by atoms with E-state index in [9.17, 15) is 14.0 Å². The molecule has 0 fully saturated rings. The number of nitrogens with one attached hydrogen (secondary N) is 1. The fourth-order valence-corrected chi connectivity index (χ4v) is 2.15. The van der Waals surface area contributed by atoms with Crippen molar-refractivity contribution in [3.8, 4) is 0 Å². The molecule has 0 radical (unpaired) electrons. The van der Waals surface area contributed by atoms with Gasteiger partial charge in [0.15, 0.2) is 0 Å². The third-order valence-electron chi connectivity index (χ3n) is 3.40. The summed E-state index contributed by atoms with van der Waals surface area (Å²) in [5.74, 6) is -1.06. The normalized spacial score (nSPS) is 10.2. The first kappa shape index (κ1) is 17.7. The Morgan fingerprint density at radius 3 is 2.38 bits per heavy atom. The molecule has 24 heavy (non-hydrogen) atoms. The number of hydrogen-bond acceptors (Lipinski definition) is 3. The first-order chi connectivity index (χ1) is 11.6. The lowest BCUT2D eigenvalue weighted by Gasteiger charge is -2.06. The Kier molecular flexibility index (Phi) is 6.95. The fourth-order valence-electron chi connectivity index (χ4n) is 2.15. The number of carbonyl (C=O) groups is 2. The highest BCUT2D eigenvalue weighted by Crippen LogP contribution is 2.09. The maximum atomic E-state index is 12.8. The molecule has 2 aromatic carbocycles. The van der Waals surface area contributed by atoms with Crippen molar-refractivity contribution in [1.29, 1.82) is 0 Å². The van der Waals surface area contributed by atoms with Crippen LogP contribution < -0.4 is 5.32 Å². The minimum Gasteiger partial charge on any atom is -0.466 e. The molecule has 5 heteroatoms. The molecule has 0 spiro atoms. The Morgan fingerprint density at radius 2 is 1.67 bits per heavy atom. The molecule has 0 heterocycles. The zero-order chi connectivity index (χ0) is 17.2. The SMILES string of the molecule is O=C(CCC(=O)OCCCc1ccccc1)Nc1ccc(F)cc1. The van der Waals surface area contributed by atoms with Crippen molar-refractivity contribution in [3.63, 3.8) is 0 Å². The molecular weight excluding hydrogens is 309 g/mol. The molecule has 1 N–H and O–H groups in total. The zero-order valence-corrected chi connectivity index (χ0v) is 13.3. The first-order valence-electron chi connectivity index (χ1n) is 7.88. The zero-order valence-electron chi connectivity index (χ0n) is 13.3. The van der Waals surface area contributed by atoms with Gasteiger partial charge in [-0.1, -0.05) is 30.3 Å². The molecule has 2 aromatic rings. The molecule has 1 amide bonds. The summed E-state index contributed by atoms with van der Waals surface area (Å²) in [6.45, 7) is 0.341. The molecule has 0 atom stereocenters. The van der Waals surface area contributed by atoms with Crippen molar-refractivity contribution in [2.75, 3.05) is 11.9 Å². The standard InChI is InChI=1S/C19H20FNO3/c20-16-8-10-17(11-9-16)21-18(22)12-13-19(23)24-14-4-7-15-5-2-1-3-6-15/h1-3,5-6,8-11H,4,7,12-14H2,(H,21,22). The predicted molar refractivity (Wildman–Crippen MR) is 90.0 cm³/mol. The van der Waals surface area contributed by atoms with Gasteiger partial charge < -0.3 is 10.1 Å². The second-order valence-electron chi connectivity index (χ2n) is 5.36. The number of carbonyl (C=O) groups excluding carboxylic acids is 2. The molecular formula is C19H20FNO3. The van der Waals surface area contributed by atoms with E-state index in [1.54, 1.807) is 0 Å². The van der Waals surface area contributed by atoms with Crippen molar-refractivity contribution in [3.05, 3.63) is 66.0 Å². The van der Waals surface area contributed by atoms with Gasteiger partial charge in [-0.2, -0.15) is 0 Å². The second kappa shape index (κ2) is 9.45. The summed E-state index contributed by atoms with van der Waals surface area (Å²) in [5, 5.41) is 2.60. The average Bonchev–Trinajstić information content (AvgIpc) is 2.60. The van der Waals surface area contributed by atoms with Crippen LogP contribution in [-0.2, 0) is 20.7 Å². The van der Waals surface area contributed by atoms with Crippen LogP contribution in [0.4, 0.5) is 10.1 Å². The van der Waals surface area contributed by atoms with E-state index in [1.165, 1.54) is 29.8 Å². The minimum atomic E-state index is -0.391. The summed E-state index contributed by atoms with van der Waals surface area (Å²) in [7, 11) is 0. The smallest absolute Gasteiger partial charge is 0.306 e. The van der Waals surface area contributed by atoms with Crippen molar-refractivity contribution in [2.45, 2.75) is 25.7 Å². The summed E-state index contributed by atoms with van der Waals surface area (Å²) in [6, 6.07) is 15.4. The van der Waals surface area contributed by atoms with Gasteiger partial charge in [-0.3, -0.25) is 9.59 Å². The molecule has 0 aliphatic rings. The molecule has 0 aliphatic carbocycles. The van der Waals surface area contributed by atoms with Crippen molar-refractivity contribution in [2.24, 2.45) is 0 Å². The van der Waals surface area contributed by atoms with E-state index in [1.807, 2.05) is 30.3 Å². The van der Waals surface area contributed by atoms with Crippen LogP contribution >= 0.6 is 0 Å². The number of amides is 1. The van der Waals surface area contributed by atoms with Crippen LogP contribution in [0, 0.1) is 5.82 Å². The highest BCUT2D eigenvalue weighted by molar-refractivity contribution is 5.92. The summed E-state index contributed by atoms with van der Waals surface area (Å²) in [5.41, 5.74) is 1.70. The van der Waals surface area contributed by atoms with E-state index in [4.69, 9.17) is 4.74 Å². The van der Waals surface area contributed by atoms with Crippen LogP contribution in [0.25, 0.3) is 0 Å². The Hall–Kier alpha value is -2.69. The number of hydrogen-bond donors (Lipinski definition) is 1. The van der Waals surface area contributed by atoms with E-state index in [0.717, 1.165) is 12.8 Å². The summed E-state index contributed by atoms with van der Waals surface area (Å²) >= 11 is 0. The van der Waals surface area contributed by atoms with E-state index >= 15 is 0 Å². The van der Waals surface area contributed by atoms with E-state index in [-0.39, 0.29) is 24.6 Å². The average molecular weight is 329 g/mol. The van der Waals surface area contributed by atoms with Gasteiger partial charge in [0.2, 0.25) is 5.91 Å². The lowest BCUT2D eigenvalue weighted by Crippen LogP contribution is -2.15. The van der Waals surface area contributed by atoms with Gasteiger partial charge in [0.25, 0.3) is 0 Å². The molecule has 4 nitrogen and oxygen atoms in total. The predicted octanol–water partition coefficient (Wildman–Crippen LogP) is 3.72. The number of halogens is 1. The van der Waals surface area contributed by atoms with Crippen LogP contribution in [0.5, 0.6) is 0 Å². The number of rotatable bonds is 8. The molecule has 0 unspecified atom stereocenters. The van der Waals surface area contributed by atoms with Crippen LogP contribution in [0.2, 0.25) is 0 Å². The van der Waals surface area contributed by atoms with Gasteiger partial charge in [0.05, 0.1) is 13.0 Å². The van der Waals surface area contributed by atoms with Gasteiger partial charge in [0.1, 0.15) is 5.82 Å². The number of aryl methyl sites for hydroxylation is 1. The molecule has 2 rings (SSSR count). The first-order valence-corrected chi connectivity index (χ1v) is 7.88. The Morgan fingerprint density at radius 1 is 0.958 bits per heavy atom. The number of benzene rings is 2. The van der Waals surface area contributed by atoms with Crippen LogP contribution in [0.15, 0.2) is 54.6 Å². The Labute approximate surface area is 140 Å². The number of ether oxygens (including phenoxy) is 1. The van der Waals surface area contributed by atoms with Gasteiger partial charge in [0, 0.05) is 12.1 Å². The van der Waals surface area contributed by atoms with Crippen molar-refractivity contribution in [1.82, 2.24) is 0 Å². The van der Waals surface area contributed by atoms with Crippen LogP contribution in [-0.4, -0.2) is 18.5 Å². The molecule has 0 aliphatic heterocycles. The highest BCUT2D eigenvalue weighted by Gasteiger charge is 2.08. The van der Waals surface area contributed by atoms with Crippen LogP contribution in [0.3, 0.4) is 0 Å². The Bertz CT molecular complexity index is 656. The van der Waals surface area contributed by atoms with Gasteiger partial charge in [-0.15, -0.1) is 0 Å². The lowest BCUT2D eigenvalue weighted by atomic mass is 10.1. The third kappa shape index (κ3) is 6.60. The van der Waals surface area contributed by atoms with Crippen molar-refractivity contribution < 1.29 is 18.7 Å². The van der Waals surface area contributed by atoms with Crippen molar-refractivity contribution >= 4 is 17.6 Å². The lowest BCUT2D eigenvalue weighted by molar-refractivity contribution is -0.144. The molecule has 0 bridgehead atoms. The summed E-state index contributed by atoms with van der Waals surface area (Å²) < 4.78 is 17.9. The number of esters is 1. The molecule has 0 aromatic heterocycles. The highest BCUT2D eigenvalue weighted by atomic mass is 19.1. The minimum absolute atomic E-state index is 0.0262. The number of anilines is 1. The monoisotopic (exact) mass is 329 g/mol.